The van der Waals surface area contributed by atoms with Gasteiger partial charge >= 0.3 is 5.97 Å². The van der Waals surface area contributed by atoms with Gasteiger partial charge in [0.1, 0.15) is 0 Å². The summed E-state index contributed by atoms with van der Waals surface area (Å²) >= 11 is 0. The molecule has 0 aromatic heterocycles. The minimum absolute atomic E-state index is 0.000789. The largest absolute Gasteiger partial charge is 0.504 e. The summed E-state index contributed by atoms with van der Waals surface area (Å²) in [6, 6.07) is 10.3. The summed E-state index contributed by atoms with van der Waals surface area (Å²) < 4.78 is 21.0. The number of rotatable bonds is 5. The van der Waals surface area contributed by atoms with Crippen molar-refractivity contribution in [2.75, 3.05) is 20.5 Å². The zero-order chi connectivity index (χ0) is 19.0. The fourth-order valence-corrected chi connectivity index (χ4v) is 3.55. The van der Waals surface area contributed by atoms with Crippen molar-refractivity contribution >= 4 is 5.97 Å². The lowest BCUT2D eigenvalue weighted by Gasteiger charge is -2.25. The van der Waals surface area contributed by atoms with Crippen LogP contribution < -0.4 is 14.2 Å². The van der Waals surface area contributed by atoms with E-state index in [0.29, 0.717) is 23.5 Å². The highest BCUT2D eigenvalue weighted by molar-refractivity contribution is 5.82. The minimum Gasteiger partial charge on any atom is -0.504 e. The van der Waals surface area contributed by atoms with Crippen molar-refractivity contribution < 1.29 is 34.0 Å². The highest BCUT2D eigenvalue weighted by Crippen LogP contribution is 2.38. The van der Waals surface area contributed by atoms with Gasteiger partial charge in [-0.3, -0.25) is 0 Å². The van der Waals surface area contributed by atoms with E-state index >= 15 is 0 Å². The standard InChI is InChI=1S/C20H20O7/c1-24-17-8-13(2-4-15(17)21)9-20(23)14(10-25-19(20)22)6-12-3-5-16-18(7-12)27-11-26-16/h2-5,7-8,14,21,23H,6,9-11H2,1H3/t14-,20-/m1/s1. The van der Waals surface area contributed by atoms with Gasteiger partial charge in [0, 0.05) is 12.3 Å². The molecule has 2 aliphatic heterocycles. The van der Waals surface area contributed by atoms with Crippen LogP contribution in [0, 0.1) is 5.92 Å². The van der Waals surface area contributed by atoms with Gasteiger partial charge in [0.05, 0.1) is 13.7 Å². The Hall–Kier alpha value is -2.93. The average molecular weight is 372 g/mol. The second-order valence-corrected chi connectivity index (χ2v) is 6.79. The smallest absolute Gasteiger partial charge is 0.338 e. The maximum absolute atomic E-state index is 12.3. The Morgan fingerprint density at radius 3 is 2.70 bits per heavy atom. The Labute approximate surface area is 156 Å². The molecule has 27 heavy (non-hydrogen) atoms. The van der Waals surface area contributed by atoms with Crippen LogP contribution in [-0.4, -0.2) is 42.3 Å². The number of aliphatic hydroxyl groups is 1. The molecule has 0 amide bonds. The molecular weight excluding hydrogens is 352 g/mol. The molecule has 2 aromatic carbocycles. The minimum atomic E-state index is -1.65. The molecular formula is C20H20O7. The average Bonchev–Trinajstić information content (AvgIpc) is 3.23. The number of carbonyl (C=O) groups is 1. The van der Waals surface area contributed by atoms with E-state index in [2.05, 4.69) is 0 Å². The Morgan fingerprint density at radius 1 is 1.11 bits per heavy atom. The lowest BCUT2D eigenvalue weighted by molar-refractivity contribution is -0.154. The molecule has 7 heteroatoms. The molecule has 2 atom stereocenters. The zero-order valence-electron chi connectivity index (χ0n) is 14.8. The van der Waals surface area contributed by atoms with Gasteiger partial charge in [0.25, 0.3) is 0 Å². The van der Waals surface area contributed by atoms with Crippen molar-refractivity contribution in [1.29, 1.82) is 0 Å². The van der Waals surface area contributed by atoms with E-state index in [1.807, 2.05) is 18.2 Å². The molecule has 2 aromatic rings. The number of esters is 1. The molecule has 142 valence electrons. The molecule has 2 aliphatic rings. The summed E-state index contributed by atoms with van der Waals surface area (Å²) in [7, 11) is 1.44. The Kier molecular flexibility index (Phi) is 4.31. The van der Waals surface area contributed by atoms with Crippen LogP contribution >= 0.6 is 0 Å². The van der Waals surface area contributed by atoms with Gasteiger partial charge in [-0.05, 0) is 41.8 Å². The van der Waals surface area contributed by atoms with E-state index in [1.54, 1.807) is 12.1 Å². The zero-order valence-corrected chi connectivity index (χ0v) is 14.8. The topological polar surface area (TPSA) is 94.5 Å². The van der Waals surface area contributed by atoms with Crippen molar-refractivity contribution in [2.24, 2.45) is 5.92 Å². The molecule has 0 unspecified atom stereocenters. The number of hydrogen-bond acceptors (Lipinski definition) is 7. The van der Waals surface area contributed by atoms with E-state index in [0.717, 1.165) is 5.56 Å². The highest BCUT2D eigenvalue weighted by atomic mass is 16.7. The maximum Gasteiger partial charge on any atom is 0.338 e. The third-order valence-electron chi connectivity index (χ3n) is 5.08. The van der Waals surface area contributed by atoms with Crippen molar-refractivity contribution in [1.82, 2.24) is 0 Å². The SMILES string of the molecule is COc1cc(C[C@]2(O)C(=O)OC[C@H]2Cc2ccc3c(c2)OCO3)ccc1O. The van der Waals surface area contributed by atoms with Crippen LogP contribution in [-0.2, 0) is 22.4 Å². The summed E-state index contributed by atoms with van der Waals surface area (Å²) in [5, 5.41) is 20.9. The van der Waals surface area contributed by atoms with Gasteiger partial charge in [-0.2, -0.15) is 0 Å². The maximum atomic E-state index is 12.3. The quantitative estimate of drug-likeness (QED) is 0.773. The van der Waals surface area contributed by atoms with Crippen molar-refractivity contribution in [2.45, 2.75) is 18.4 Å². The monoisotopic (exact) mass is 372 g/mol. The molecule has 1 saturated heterocycles. The molecule has 0 aliphatic carbocycles. The molecule has 7 nitrogen and oxygen atoms in total. The summed E-state index contributed by atoms with van der Waals surface area (Å²) in [5.74, 6) is 0.577. The van der Waals surface area contributed by atoms with Crippen LogP contribution in [0.15, 0.2) is 36.4 Å². The summed E-state index contributed by atoms with van der Waals surface area (Å²) in [5.41, 5.74) is -0.0656. The number of benzene rings is 2. The number of hydrogen-bond donors (Lipinski definition) is 2. The normalized spacial score (nSPS) is 23.3. The van der Waals surface area contributed by atoms with Crippen LogP contribution in [0.3, 0.4) is 0 Å². The fraction of sp³-hybridized carbons (Fsp3) is 0.350. The molecule has 2 heterocycles. The molecule has 0 bridgehead atoms. The van der Waals surface area contributed by atoms with Crippen LogP contribution in [0.5, 0.6) is 23.0 Å². The van der Waals surface area contributed by atoms with Gasteiger partial charge in [-0.15, -0.1) is 0 Å². The van der Waals surface area contributed by atoms with Gasteiger partial charge in [0.2, 0.25) is 6.79 Å². The Morgan fingerprint density at radius 2 is 1.89 bits per heavy atom. The second kappa shape index (κ2) is 6.66. The van der Waals surface area contributed by atoms with E-state index < -0.39 is 17.5 Å². The van der Waals surface area contributed by atoms with E-state index in [4.69, 9.17) is 18.9 Å². The van der Waals surface area contributed by atoms with E-state index in [9.17, 15) is 15.0 Å². The van der Waals surface area contributed by atoms with Crippen LogP contribution in [0.4, 0.5) is 0 Å². The first kappa shape index (κ1) is 17.5. The van der Waals surface area contributed by atoms with Crippen LogP contribution in [0.2, 0.25) is 0 Å². The van der Waals surface area contributed by atoms with Gasteiger partial charge in [0.15, 0.2) is 28.6 Å². The highest BCUT2D eigenvalue weighted by Gasteiger charge is 2.51. The molecule has 0 spiro atoms. The van der Waals surface area contributed by atoms with Gasteiger partial charge in [-0.1, -0.05) is 12.1 Å². The predicted octanol–water partition coefficient (Wildman–Crippen LogP) is 1.82. The lowest BCUT2D eigenvalue weighted by atomic mass is 9.81. The number of phenols is 1. The number of cyclic esters (lactones) is 1. The third kappa shape index (κ3) is 3.14. The lowest BCUT2D eigenvalue weighted by Crippen LogP contribution is -2.44. The number of ether oxygens (including phenoxy) is 4. The van der Waals surface area contributed by atoms with Crippen molar-refractivity contribution in [3.8, 4) is 23.0 Å². The first-order valence-electron chi connectivity index (χ1n) is 8.63. The number of aromatic hydroxyl groups is 1. The van der Waals surface area contributed by atoms with Gasteiger partial charge in [-0.25, -0.2) is 4.79 Å². The summed E-state index contributed by atoms with van der Waals surface area (Å²) in [6.07, 6.45) is 0.520. The predicted molar refractivity (Wildman–Crippen MR) is 94.0 cm³/mol. The fourth-order valence-electron chi connectivity index (χ4n) is 3.55. The molecule has 1 fully saturated rings. The van der Waals surface area contributed by atoms with Crippen LogP contribution in [0.25, 0.3) is 0 Å². The van der Waals surface area contributed by atoms with Crippen LogP contribution in [0.1, 0.15) is 11.1 Å². The van der Waals surface area contributed by atoms with E-state index in [-0.39, 0.29) is 31.3 Å². The van der Waals surface area contributed by atoms with E-state index in [1.165, 1.54) is 13.2 Å². The second-order valence-electron chi connectivity index (χ2n) is 6.79. The first-order chi connectivity index (χ1) is 13.0. The number of carbonyl (C=O) groups excluding carboxylic acids is 1. The third-order valence-corrected chi connectivity index (χ3v) is 5.08. The molecule has 0 saturated carbocycles. The first-order valence-corrected chi connectivity index (χ1v) is 8.63. The molecule has 0 radical (unpaired) electrons. The Balaban J connectivity index is 1.56. The number of methoxy groups -OCH3 is 1. The van der Waals surface area contributed by atoms with Crippen molar-refractivity contribution in [3.63, 3.8) is 0 Å². The summed E-state index contributed by atoms with van der Waals surface area (Å²) in [6.45, 7) is 0.329. The number of phenolic OH excluding ortho intramolecular Hbond substituents is 1. The van der Waals surface area contributed by atoms with Crippen molar-refractivity contribution in [3.05, 3.63) is 47.5 Å². The Bertz CT molecular complexity index is 879. The number of fused-ring (bicyclic) bond motifs is 1. The summed E-state index contributed by atoms with van der Waals surface area (Å²) in [4.78, 5) is 12.3. The molecule has 2 N–H and O–H groups in total. The van der Waals surface area contributed by atoms with Gasteiger partial charge < -0.3 is 29.2 Å². The molecule has 4 rings (SSSR count).